The van der Waals surface area contributed by atoms with Gasteiger partial charge in [-0.2, -0.15) is 5.10 Å². The normalized spacial score (nSPS) is 14.8. The molecule has 2 aromatic rings. The molecule has 1 amide bonds. The fraction of sp³-hybridized carbons (Fsp3) is 0.400. The standard InChI is InChI=1S/C15H19N5O.2ClH/c1-11(13-6-16-7-13)15(21)19-14-5-3-2-4-12(14)8-20-10-17-9-18-20;;/h2-5,9-11,13,16H,6-8H2,1H3,(H,19,21);2*1H. The van der Waals surface area contributed by atoms with E-state index in [-0.39, 0.29) is 36.6 Å². The molecular formula is C15H21Cl2N5O. The molecular weight excluding hydrogens is 337 g/mol. The predicted octanol–water partition coefficient (Wildman–Crippen LogP) is 1.96. The molecule has 0 saturated carbocycles. The molecule has 0 bridgehead atoms. The topological polar surface area (TPSA) is 71.8 Å². The minimum absolute atomic E-state index is 0. The van der Waals surface area contributed by atoms with E-state index in [9.17, 15) is 4.79 Å². The predicted molar refractivity (Wildman–Crippen MR) is 94.2 cm³/mol. The van der Waals surface area contributed by atoms with Gasteiger partial charge in [0.1, 0.15) is 12.7 Å². The smallest absolute Gasteiger partial charge is 0.227 e. The maximum atomic E-state index is 12.3. The van der Waals surface area contributed by atoms with Crippen LogP contribution >= 0.6 is 24.8 Å². The summed E-state index contributed by atoms with van der Waals surface area (Å²) >= 11 is 0. The van der Waals surface area contributed by atoms with Crippen LogP contribution in [0.3, 0.4) is 0 Å². The zero-order valence-electron chi connectivity index (χ0n) is 12.8. The molecule has 1 atom stereocenters. The van der Waals surface area contributed by atoms with Gasteiger partial charge in [0, 0.05) is 11.6 Å². The first-order valence-corrected chi connectivity index (χ1v) is 7.16. The van der Waals surface area contributed by atoms with Crippen LogP contribution in [0.4, 0.5) is 5.69 Å². The average Bonchev–Trinajstić information content (AvgIpc) is 2.92. The number of carbonyl (C=O) groups excluding carboxylic acids is 1. The Labute approximate surface area is 147 Å². The first-order chi connectivity index (χ1) is 10.2. The van der Waals surface area contributed by atoms with Crippen molar-refractivity contribution in [2.75, 3.05) is 18.4 Å². The molecule has 1 aromatic carbocycles. The maximum Gasteiger partial charge on any atom is 0.227 e. The molecule has 0 aliphatic carbocycles. The van der Waals surface area contributed by atoms with E-state index in [1.807, 2.05) is 31.2 Å². The lowest BCUT2D eigenvalue weighted by atomic mass is 9.88. The third-order valence-electron chi connectivity index (χ3n) is 4.01. The van der Waals surface area contributed by atoms with E-state index in [0.717, 1.165) is 24.3 Å². The number of para-hydroxylation sites is 1. The van der Waals surface area contributed by atoms with Crippen molar-refractivity contribution in [2.45, 2.75) is 13.5 Å². The number of amides is 1. The van der Waals surface area contributed by atoms with E-state index >= 15 is 0 Å². The molecule has 1 saturated heterocycles. The molecule has 126 valence electrons. The highest BCUT2D eigenvalue weighted by molar-refractivity contribution is 5.93. The number of nitrogens with zero attached hydrogens (tertiary/aromatic N) is 3. The van der Waals surface area contributed by atoms with Crippen LogP contribution in [0.5, 0.6) is 0 Å². The lowest BCUT2D eigenvalue weighted by molar-refractivity contribution is -0.121. The quantitative estimate of drug-likeness (QED) is 0.857. The van der Waals surface area contributed by atoms with Gasteiger partial charge in [0.05, 0.1) is 6.54 Å². The maximum absolute atomic E-state index is 12.3. The number of rotatable bonds is 5. The zero-order chi connectivity index (χ0) is 14.7. The van der Waals surface area contributed by atoms with Gasteiger partial charge in [0.2, 0.25) is 5.91 Å². The SMILES string of the molecule is CC(C(=O)Nc1ccccc1Cn1cncn1)C1CNC1.Cl.Cl. The molecule has 2 heterocycles. The summed E-state index contributed by atoms with van der Waals surface area (Å²) in [4.78, 5) is 16.3. The number of hydrogen-bond acceptors (Lipinski definition) is 4. The van der Waals surface area contributed by atoms with Gasteiger partial charge in [-0.1, -0.05) is 25.1 Å². The summed E-state index contributed by atoms with van der Waals surface area (Å²) in [5.74, 6) is 0.533. The van der Waals surface area contributed by atoms with Gasteiger partial charge in [-0.05, 0) is 30.6 Å². The minimum Gasteiger partial charge on any atom is -0.326 e. The highest BCUT2D eigenvalue weighted by Gasteiger charge is 2.28. The van der Waals surface area contributed by atoms with Gasteiger partial charge in [-0.15, -0.1) is 24.8 Å². The molecule has 1 aromatic heterocycles. The van der Waals surface area contributed by atoms with Gasteiger partial charge >= 0.3 is 0 Å². The fourth-order valence-electron chi connectivity index (χ4n) is 2.39. The van der Waals surface area contributed by atoms with E-state index in [4.69, 9.17) is 0 Å². The number of benzene rings is 1. The van der Waals surface area contributed by atoms with E-state index in [2.05, 4.69) is 20.7 Å². The summed E-state index contributed by atoms with van der Waals surface area (Å²) in [7, 11) is 0. The summed E-state index contributed by atoms with van der Waals surface area (Å²) in [6, 6.07) is 7.81. The van der Waals surface area contributed by atoms with Gasteiger partial charge in [0.15, 0.2) is 0 Å². The van der Waals surface area contributed by atoms with Crippen molar-refractivity contribution in [3.05, 3.63) is 42.5 Å². The molecule has 2 N–H and O–H groups in total. The first-order valence-electron chi connectivity index (χ1n) is 7.16. The highest BCUT2D eigenvalue weighted by atomic mass is 35.5. The number of anilines is 1. The van der Waals surface area contributed by atoms with Crippen molar-refractivity contribution in [3.63, 3.8) is 0 Å². The lowest BCUT2D eigenvalue weighted by Crippen LogP contribution is -2.48. The Morgan fingerprint density at radius 2 is 2.13 bits per heavy atom. The first kappa shape index (κ1) is 19.4. The van der Waals surface area contributed by atoms with Crippen molar-refractivity contribution < 1.29 is 4.79 Å². The minimum atomic E-state index is 0. The number of nitrogens with one attached hydrogen (secondary N) is 2. The second-order valence-electron chi connectivity index (χ2n) is 5.45. The zero-order valence-corrected chi connectivity index (χ0v) is 14.4. The van der Waals surface area contributed by atoms with Crippen LogP contribution in [0.25, 0.3) is 0 Å². The van der Waals surface area contributed by atoms with Gasteiger partial charge in [-0.3, -0.25) is 4.79 Å². The van der Waals surface area contributed by atoms with Crippen LogP contribution in [-0.4, -0.2) is 33.8 Å². The molecule has 1 unspecified atom stereocenters. The fourth-order valence-corrected chi connectivity index (χ4v) is 2.39. The van der Waals surface area contributed by atoms with Gasteiger partial charge in [-0.25, -0.2) is 9.67 Å². The largest absolute Gasteiger partial charge is 0.326 e. The average molecular weight is 358 g/mol. The lowest BCUT2D eigenvalue weighted by Gasteiger charge is -2.31. The summed E-state index contributed by atoms with van der Waals surface area (Å²) < 4.78 is 1.74. The summed E-state index contributed by atoms with van der Waals surface area (Å²) in [5.41, 5.74) is 1.87. The Bertz CT molecular complexity index is 616. The van der Waals surface area contributed by atoms with Crippen molar-refractivity contribution in [2.24, 2.45) is 11.8 Å². The molecule has 3 rings (SSSR count). The van der Waals surface area contributed by atoms with Gasteiger partial charge < -0.3 is 10.6 Å². The van der Waals surface area contributed by atoms with Crippen LogP contribution in [0, 0.1) is 11.8 Å². The summed E-state index contributed by atoms with van der Waals surface area (Å²) in [6.07, 6.45) is 3.17. The van der Waals surface area contributed by atoms with Crippen LogP contribution in [-0.2, 0) is 11.3 Å². The van der Waals surface area contributed by atoms with Crippen LogP contribution < -0.4 is 10.6 Å². The second kappa shape index (κ2) is 8.86. The molecule has 8 heteroatoms. The van der Waals surface area contributed by atoms with Crippen molar-refractivity contribution in [3.8, 4) is 0 Å². The molecule has 0 spiro atoms. The number of hydrogen-bond donors (Lipinski definition) is 2. The second-order valence-corrected chi connectivity index (χ2v) is 5.45. The Kier molecular flexibility index (Phi) is 7.48. The van der Waals surface area contributed by atoms with Crippen molar-refractivity contribution >= 4 is 36.4 Å². The number of halogens is 2. The summed E-state index contributed by atoms with van der Waals surface area (Å²) in [6.45, 7) is 4.43. The molecule has 0 radical (unpaired) electrons. The van der Waals surface area contributed by atoms with Crippen LogP contribution in [0.2, 0.25) is 0 Å². The van der Waals surface area contributed by atoms with Crippen molar-refractivity contribution in [1.29, 1.82) is 0 Å². The van der Waals surface area contributed by atoms with Gasteiger partial charge in [0.25, 0.3) is 0 Å². The number of aromatic nitrogens is 3. The molecule has 1 aliphatic heterocycles. The molecule has 23 heavy (non-hydrogen) atoms. The van der Waals surface area contributed by atoms with E-state index in [0.29, 0.717) is 12.5 Å². The molecule has 1 aliphatic rings. The summed E-state index contributed by atoms with van der Waals surface area (Å²) in [5, 5.41) is 10.3. The van der Waals surface area contributed by atoms with E-state index < -0.39 is 0 Å². The third-order valence-corrected chi connectivity index (χ3v) is 4.01. The van der Waals surface area contributed by atoms with Crippen LogP contribution in [0.15, 0.2) is 36.9 Å². The number of carbonyl (C=O) groups is 1. The molecule has 1 fully saturated rings. The third kappa shape index (κ3) is 4.67. The van der Waals surface area contributed by atoms with E-state index in [1.165, 1.54) is 6.33 Å². The highest BCUT2D eigenvalue weighted by Crippen LogP contribution is 2.21. The van der Waals surface area contributed by atoms with Crippen LogP contribution in [0.1, 0.15) is 12.5 Å². The Hall–Kier alpha value is -1.63. The monoisotopic (exact) mass is 357 g/mol. The molecule has 6 nitrogen and oxygen atoms in total. The Balaban J connectivity index is 0.00000132. The Morgan fingerprint density at radius 1 is 1.39 bits per heavy atom. The van der Waals surface area contributed by atoms with Crippen molar-refractivity contribution in [1.82, 2.24) is 20.1 Å². The Morgan fingerprint density at radius 3 is 2.74 bits per heavy atom. The van der Waals surface area contributed by atoms with E-state index in [1.54, 1.807) is 11.0 Å².